The summed E-state index contributed by atoms with van der Waals surface area (Å²) in [6.07, 6.45) is 1.60. The maximum atomic E-state index is 11.5. The van der Waals surface area contributed by atoms with Gasteiger partial charge in [-0.25, -0.2) is 0 Å². The van der Waals surface area contributed by atoms with E-state index in [0.717, 1.165) is 0 Å². The Labute approximate surface area is 100 Å². The highest BCUT2D eigenvalue weighted by Crippen LogP contribution is 2.01. The number of carbonyl (C=O) groups is 1. The van der Waals surface area contributed by atoms with Gasteiger partial charge in [-0.1, -0.05) is 6.08 Å². The van der Waals surface area contributed by atoms with Crippen molar-refractivity contribution in [1.29, 1.82) is 0 Å². The molecule has 92 valence electrons. The van der Waals surface area contributed by atoms with Crippen LogP contribution in [0.3, 0.4) is 0 Å². The van der Waals surface area contributed by atoms with E-state index in [4.69, 9.17) is 4.74 Å². The molecule has 0 fully saturated rings. The van der Waals surface area contributed by atoms with Gasteiger partial charge in [0.15, 0.2) is 5.69 Å². The van der Waals surface area contributed by atoms with Crippen molar-refractivity contribution in [3.8, 4) is 0 Å². The molecule has 0 saturated heterocycles. The zero-order valence-electron chi connectivity index (χ0n) is 9.77. The smallest absolute Gasteiger partial charge is 0.272 e. The maximum absolute atomic E-state index is 11.5. The predicted molar refractivity (Wildman–Crippen MR) is 64.9 cm³/mol. The number of anilines is 1. The topological polar surface area (TPSA) is 76.1 Å². The molecular formula is C11H16N4O2. The Balaban J connectivity index is 2.49. The third kappa shape index (κ3) is 4.60. The summed E-state index contributed by atoms with van der Waals surface area (Å²) in [5.41, 5.74) is 0.282. The fourth-order valence-corrected chi connectivity index (χ4v) is 1.08. The highest BCUT2D eigenvalue weighted by Gasteiger charge is 2.06. The first-order valence-corrected chi connectivity index (χ1v) is 5.23. The van der Waals surface area contributed by atoms with Gasteiger partial charge >= 0.3 is 0 Å². The van der Waals surface area contributed by atoms with Crippen molar-refractivity contribution in [3.63, 3.8) is 0 Å². The molecule has 0 aliphatic heterocycles. The van der Waals surface area contributed by atoms with Crippen molar-refractivity contribution in [3.05, 3.63) is 30.5 Å². The van der Waals surface area contributed by atoms with E-state index >= 15 is 0 Å². The summed E-state index contributed by atoms with van der Waals surface area (Å²) >= 11 is 0. The lowest BCUT2D eigenvalue weighted by molar-refractivity contribution is 0.0952. The first-order chi connectivity index (χ1) is 8.27. The second kappa shape index (κ2) is 7.34. The first kappa shape index (κ1) is 13.1. The van der Waals surface area contributed by atoms with Crippen molar-refractivity contribution in [2.24, 2.45) is 0 Å². The first-order valence-electron chi connectivity index (χ1n) is 5.23. The molecule has 0 aromatic carbocycles. The molecule has 0 bridgehead atoms. The second-order valence-corrected chi connectivity index (χ2v) is 3.22. The molecule has 1 rings (SSSR count). The van der Waals surface area contributed by atoms with Gasteiger partial charge in [-0.3, -0.25) is 4.79 Å². The predicted octanol–water partition coefficient (Wildman–Crippen LogP) is 0.451. The van der Waals surface area contributed by atoms with Crippen LogP contribution in [-0.4, -0.2) is 42.9 Å². The van der Waals surface area contributed by atoms with Crippen LogP contribution >= 0.6 is 0 Å². The van der Waals surface area contributed by atoms with Gasteiger partial charge in [0.25, 0.3) is 5.91 Å². The summed E-state index contributed by atoms with van der Waals surface area (Å²) in [6.45, 7) is 5.15. The Morgan fingerprint density at radius 1 is 1.53 bits per heavy atom. The summed E-state index contributed by atoms with van der Waals surface area (Å²) in [7, 11) is 1.63. The van der Waals surface area contributed by atoms with Gasteiger partial charge in [0, 0.05) is 20.2 Å². The zero-order valence-corrected chi connectivity index (χ0v) is 9.77. The molecule has 1 amide bonds. The van der Waals surface area contributed by atoms with Gasteiger partial charge in [-0.15, -0.1) is 16.8 Å². The lowest BCUT2D eigenvalue weighted by atomic mass is 10.3. The number of hydrogen-bond donors (Lipinski definition) is 2. The van der Waals surface area contributed by atoms with Crippen LogP contribution in [0.15, 0.2) is 24.8 Å². The maximum Gasteiger partial charge on any atom is 0.272 e. The number of carbonyl (C=O) groups excluding carboxylic acids is 1. The fourth-order valence-electron chi connectivity index (χ4n) is 1.08. The minimum Gasteiger partial charge on any atom is -0.383 e. The van der Waals surface area contributed by atoms with Gasteiger partial charge < -0.3 is 15.4 Å². The average Bonchev–Trinajstić information content (AvgIpc) is 2.37. The van der Waals surface area contributed by atoms with E-state index in [1.807, 2.05) is 0 Å². The number of rotatable bonds is 7. The molecule has 0 spiro atoms. The number of hydrogen-bond acceptors (Lipinski definition) is 5. The van der Waals surface area contributed by atoms with E-state index in [9.17, 15) is 4.79 Å². The quantitative estimate of drug-likeness (QED) is 0.531. The molecular weight excluding hydrogens is 220 g/mol. The highest BCUT2D eigenvalue weighted by atomic mass is 16.5. The van der Waals surface area contributed by atoms with E-state index in [0.29, 0.717) is 25.5 Å². The third-order valence-electron chi connectivity index (χ3n) is 1.92. The molecule has 0 radical (unpaired) electrons. The van der Waals surface area contributed by atoms with Crippen LogP contribution in [0.1, 0.15) is 10.5 Å². The molecule has 6 nitrogen and oxygen atoms in total. The molecule has 6 heteroatoms. The second-order valence-electron chi connectivity index (χ2n) is 3.22. The lowest BCUT2D eigenvalue weighted by Gasteiger charge is -2.04. The molecule has 1 aromatic rings. The normalized spacial score (nSPS) is 9.71. The molecule has 1 heterocycles. The Hall–Kier alpha value is -1.95. The van der Waals surface area contributed by atoms with Crippen molar-refractivity contribution in [1.82, 2.24) is 15.5 Å². The summed E-state index contributed by atoms with van der Waals surface area (Å²) in [4.78, 5) is 11.5. The number of amides is 1. The van der Waals surface area contributed by atoms with Gasteiger partial charge in [0.05, 0.1) is 6.61 Å². The van der Waals surface area contributed by atoms with Crippen molar-refractivity contribution in [2.45, 2.75) is 0 Å². The van der Waals surface area contributed by atoms with Crippen molar-refractivity contribution in [2.75, 3.05) is 32.1 Å². The average molecular weight is 236 g/mol. The monoisotopic (exact) mass is 236 g/mol. The largest absolute Gasteiger partial charge is 0.383 e. The third-order valence-corrected chi connectivity index (χ3v) is 1.92. The van der Waals surface area contributed by atoms with E-state index in [2.05, 4.69) is 27.4 Å². The van der Waals surface area contributed by atoms with Crippen LogP contribution in [0.25, 0.3) is 0 Å². The van der Waals surface area contributed by atoms with Crippen molar-refractivity contribution >= 4 is 11.7 Å². The van der Waals surface area contributed by atoms with E-state index in [1.54, 1.807) is 25.3 Å². The number of nitrogens with one attached hydrogen (secondary N) is 2. The van der Waals surface area contributed by atoms with Crippen LogP contribution in [0.4, 0.5) is 5.82 Å². The van der Waals surface area contributed by atoms with Crippen molar-refractivity contribution < 1.29 is 9.53 Å². The zero-order chi connectivity index (χ0) is 12.5. The van der Waals surface area contributed by atoms with E-state index in [-0.39, 0.29) is 11.6 Å². The molecule has 0 unspecified atom stereocenters. The molecule has 0 saturated carbocycles. The molecule has 1 aromatic heterocycles. The summed E-state index contributed by atoms with van der Waals surface area (Å²) < 4.78 is 4.89. The fraction of sp³-hybridized carbons (Fsp3) is 0.364. The SMILES string of the molecule is C=CCNC(=O)c1ccc(NCCOC)nn1. The Kier molecular flexibility index (Phi) is 5.67. The number of methoxy groups -OCH3 is 1. The Bertz CT molecular complexity index is 364. The van der Waals surface area contributed by atoms with Crippen LogP contribution in [0.2, 0.25) is 0 Å². The summed E-state index contributed by atoms with van der Waals surface area (Å²) in [5, 5.41) is 13.3. The standard InChI is InChI=1S/C11H16N4O2/c1-3-6-13-11(16)9-4-5-10(15-14-9)12-7-8-17-2/h3-5H,1,6-8H2,2H3,(H,12,15)(H,13,16). The van der Waals surface area contributed by atoms with Crippen LogP contribution in [0.5, 0.6) is 0 Å². The van der Waals surface area contributed by atoms with E-state index in [1.165, 1.54) is 0 Å². The van der Waals surface area contributed by atoms with E-state index < -0.39 is 0 Å². The summed E-state index contributed by atoms with van der Waals surface area (Å²) in [6, 6.07) is 3.31. The van der Waals surface area contributed by atoms with Gasteiger partial charge in [0.1, 0.15) is 5.82 Å². The molecule has 17 heavy (non-hydrogen) atoms. The molecule has 0 atom stereocenters. The Morgan fingerprint density at radius 3 is 2.94 bits per heavy atom. The minimum absolute atomic E-state index is 0.263. The lowest BCUT2D eigenvalue weighted by Crippen LogP contribution is -2.24. The van der Waals surface area contributed by atoms with Gasteiger partial charge in [0.2, 0.25) is 0 Å². The molecule has 0 aliphatic carbocycles. The number of aromatic nitrogens is 2. The number of nitrogens with zero attached hydrogens (tertiary/aromatic N) is 2. The Morgan fingerprint density at radius 2 is 2.35 bits per heavy atom. The van der Waals surface area contributed by atoms with Gasteiger partial charge in [-0.05, 0) is 12.1 Å². The summed E-state index contributed by atoms with van der Waals surface area (Å²) in [5.74, 6) is 0.350. The highest BCUT2D eigenvalue weighted by molar-refractivity contribution is 5.92. The van der Waals surface area contributed by atoms with Crippen LogP contribution in [0, 0.1) is 0 Å². The molecule has 2 N–H and O–H groups in total. The van der Waals surface area contributed by atoms with Gasteiger partial charge in [-0.2, -0.15) is 0 Å². The minimum atomic E-state index is -0.263. The molecule has 0 aliphatic rings. The number of ether oxygens (including phenoxy) is 1. The van der Waals surface area contributed by atoms with Crippen LogP contribution < -0.4 is 10.6 Å². The van der Waals surface area contributed by atoms with Crippen LogP contribution in [-0.2, 0) is 4.74 Å².